The molecule has 128 valence electrons. The Morgan fingerprint density at radius 1 is 1.22 bits per heavy atom. The van der Waals surface area contributed by atoms with Gasteiger partial charge in [0.25, 0.3) is 0 Å². The van der Waals surface area contributed by atoms with Gasteiger partial charge in [-0.25, -0.2) is 9.78 Å². The molecule has 1 aliphatic heterocycles. The number of urea groups is 1. The maximum absolute atomic E-state index is 12.3. The van der Waals surface area contributed by atoms with Gasteiger partial charge in [-0.1, -0.05) is 38.7 Å². The van der Waals surface area contributed by atoms with Crippen molar-refractivity contribution in [2.24, 2.45) is 0 Å². The van der Waals surface area contributed by atoms with Gasteiger partial charge < -0.3 is 15.1 Å². The summed E-state index contributed by atoms with van der Waals surface area (Å²) in [5.41, 5.74) is 0. The quantitative estimate of drug-likeness (QED) is 0.785. The number of carbonyl (C=O) groups is 1. The van der Waals surface area contributed by atoms with Gasteiger partial charge in [-0.05, 0) is 25.5 Å². The third-order valence-corrected chi connectivity index (χ3v) is 4.40. The first-order valence-corrected chi connectivity index (χ1v) is 8.92. The summed E-state index contributed by atoms with van der Waals surface area (Å²) in [5.74, 6) is 0.997. The van der Waals surface area contributed by atoms with Crippen molar-refractivity contribution in [2.75, 3.05) is 31.1 Å². The molecule has 0 spiro atoms. The Morgan fingerprint density at radius 2 is 2.00 bits per heavy atom. The normalized spacial score (nSPS) is 16.3. The van der Waals surface area contributed by atoms with Crippen LogP contribution in [0.5, 0.6) is 0 Å². The first-order valence-electron chi connectivity index (χ1n) is 8.92. The fraction of sp³-hybridized carbons (Fsp3) is 0.667. The molecule has 5 nitrogen and oxygen atoms in total. The van der Waals surface area contributed by atoms with E-state index in [1.165, 1.54) is 25.7 Å². The molecule has 1 atom stereocenters. The molecule has 0 aromatic carbocycles. The summed E-state index contributed by atoms with van der Waals surface area (Å²) < 4.78 is 0. The standard InChI is InChI=1S/C18H30N4O/c1-3-4-5-6-9-16(2)20-18(23)22-14-12-21(13-15-22)17-10-7-8-11-19-17/h7-8,10-11,16H,3-6,9,12-15H2,1-2H3,(H,20,23). The molecule has 5 heteroatoms. The van der Waals surface area contributed by atoms with Crippen molar-refractivity contribution in [1.29, 1.82) is 0 Å². The predicted molar refractivity (Wildman–Crippen MR) is 94.8 cm³/mol. The topological polar surface area (TPSA) is 48.5 Å². The number of rotatable bonds is 7. The number of amides is 2. The average Bonchev–Trinajstić information content (AvgIpc) is 2.59. The van der Waals surface area contributed by atoms with Crippen molar-refractivity contribution in [2.45, 2.75) is 52.0 Å². The van der Waals surface area contributed by atoms with Gasteiger partial charge in [0.05, 0.1) is 0 Å². The van der Waals surface area contributed by atoms with E-state index in [2.05, 4.69) is 29.0 Å². The largest absolute Gasteiger partial charge is 0.353 e. The molecule has 1 N–H and O–H groups in total. The van der Waals surface area contributed by atoms with Crippen molar-refractivity contribution in [1.82, 2.24) is 15.2 Å². The van der Waals surface area contributed by atoms with Crippen LogP contribution in [0, 0.1) is 0 Å². The average molecular weight is 318 g/mol. The Morgan fingerprint density at radius 3 is 2.65 bits per heavy atom. The van der Waals surface area contributed by atoms with Crippen molar-refractivity contribution >= 4 is 11.8 Å². The molecule has 1 fully saturated rings. The highest BCUT2D eigenvalue weighted by Crippen LogP contribution is 2.13. The fourth-order valence-electron chi connectivity index (χ4n) is 2.93. The molecule has 0 bridgehead atoms. The Hall–Kier alpha value is -1.78. The van der Waals surface area contributed by atoms with Crippen LogP contribution in [0.25, 0.3) is 0 Å². The first kappa shape index (κ1) is 17.6. The van der Waals surface area contributed by atoms with E-state index in [9.17, 15) is 4.79 Å². The van der Waals surface area contributed by atoms with E-state index in [1.807, 2.05) is 29.3 Å². The summed E-state index contributed by atoms with van der Waals surface area (Å²) in [4.78, 5) is 20.9. The monoisotopic (exact) mass is 318 g/mol. The SMILES string of the molecule is CCCCCCC(C)NC(=O)N1CCN(c2ccccn2)CC1. The summed E-state index contributed by atoms with van der Waals surface area (Å²) in [6, 6.07) is 6.28. The number of aromatic nitrogens is 1. The van der Waals surface area contributed by atoms with Gasteiger partial charge in [0.2, 0.25) is 0 Å². The third-order valence-electron chi connectivity index (χ3n) is 4.40. The van der Waals surface area contributed by atoms with Crippen LogP contribution in [-0.2, 0) is 0 Å². The third kappa shape index (κ3) is 5.73. The molecule has 2 rings (SSSR count). The maximum Gasteiger partial charge on any atom is 0.317 e. The second-order valence-electron chi connectivity index (χ2n) is 6.36. The van der Waals surface area contributed by atoms with Crippen LogP contribution in [0.4, 0.5) is 10.6 Å². The molecular formula is C18H30N4O. The number of pyridine rings is 1. The van der Waals surface area contributed by atoms with E-state index in [1.54, 1.807) is 0 Å². The van der Waals surface area contributed by atoms with E-state index < -0.39 is 0 Å². The minimum atomic E-state index is 0.0775. The van der Waals surface area contributed by atoms with Gasteiger partial charge >= 0.3 is 6.03 Å². The number of hydrogen-bond acceptors (Lipinski definition) is 3. The lowest BCUT2D eigenvalue weighted by Gasteiger charge is -2.35. The smallest absolute Gasteiger partial charge is 0.317 e. The van der Waals surface area contributed by atoms with E-state index in [4.69, 9.17) is 0 Å². The molecule has 2 amide bonds. The van der Waals surface area contributed by atoms with Gasteiger partial charge in [0.15, 0.2) is 0 Å². The summed E-state index contributed by atoms with van der Waals surface area (Å²) in [6.07, 6.45) is 7.88. The highest BCUT2D eigenvalue weighted by atomic mass is 16.2. The number of piperazine rings is 1. The highest BCUT2D eigenvalue weighted by molar-refractivity contribution is 5.74. The summed E-state index contributed by atoms with van der Waals surface area (Å²) in [7, 11) is 0. The van der Waals surface area contributed by atoms with Crippen molar-refractivity contribution in [3.8, 4) is 0 Å². The van der Waals surface area contributed by atoms with E-state index in [-0.39, 0.29) is 12.1 Å². The Labute approximate surface area is 140 Å². The molecule has 1 aromatic rings. The van der Waals surface area contributed by atoms with Gasteiger partial charge in [0.1, 0.15) is 5.82 Å². The van der Waals surface area contributed by atoms with E-state index in [0.29, 0.717) is 0 Å². The van der Waals surface area contributed by atoms with Crippen molar-refractivity contribution < 1.29 is 4.79 Å². The summed E-state index contributed by atoms with van der Waals surface area (Å²) >= 11 is 0. The number of anilines is 1. The molecule has 1 saturated heterocycles. The summed E-state index contributed by atoms with van der Waals surface area (Å²) in [5, 5.41) is 3.13. The lowest BCUT2D eigenvalue weighted by molar-refractivity contribution is 0.190. The maximum atomic E-state index is 12.3. The summed E-state index contributed by atoms with van der Waals surface area (Å²) in [6.45, 7) is 7.52. The van der Waals surface area contributed by atoms with Gasteiger partial charge in [-0.2, -0.15) is 0 Å². The minimum absolute atomic E-state index is 0.0775. The first-order chi connectivity index (χ1) is 11.2. The zero-order valence-corrected chi connectivity index (χ0v) is 14.5. The number of carbonyl (C=O) groups excluding carboxylic acids is 1. The van der Waals surface area contributed by atoms with Crippen molar-refractivity contribution in [3.05, 3.63) is 24.4 Å². The van der Waals surface area contributed by atoms with Crippen LogP contribution < -0.4 is 10.2 Å². The van der Waals surface area contributed by atoms with Crippen LogP contribution in [0.1, 0.15) is 46.0 Å². The van der Waals surface area contributed by atoms with Gasteiger partial charge in [0, 0.05) is 38.4 Å². The molecule has 2 heterocycles. The zero-order valence-electron chi connectivity index (χ0n) is 14.5. The number of hydrogen-bond donors (Lipinski definition) is 1. The Balaban J connectivity index is 1.69. The second kappa shape index (κ2) is 9.38. The zero-order chi connectivity index (χ0) is 16.5. The van der Waals surface area contributed by atoms with E-state index in [0.717, 1.165) is 38.4 Å². The van der Waals surface area contributed by atoms with Crippen LogP contribution in [0.2, 0.25) is 0 Å². The van der Waals surface area contributed by atoms with Crippen LogP contribution in [-0.4, -0.2) is 48.1 Å². The molecular weight excluding hydrogens is 288 g/mol. The Bertz CT molecular complexity index is 457. The number of unbranched alkanes of at least 4 members (excludes halogenated alkanes) is 3. The molecule has 1 unspecified atom stereocenters. The van der Waals surface area contributed by atoms with Gasteiger partial charge in [-0.15, -0.1) is 0 Å². The van der Waals surface area contributed by atoms with Crippen molar-refractivity contribution in [3.63, 3.8) is 0 Å². The minimum Gasteiger partial charge on any atom is -0.353 e. The van der Waals surface area contributed by atoms with Gasteiger partial charge in [-0.3, -0.25) is 0 Å². The molecule has 0 saturated carbocycles. The van der Waals surface area contributed by atoms with Crippen LogP contribution >= 0.6 is 0 Å². The highest BCUT2D eigenvalue weighted by Gasteiger charge is 2.22. The lowest BCUT2D eigenvalue weighted by Crippen LogP contribution is -2.53. The van der Waals surface area contributed by atoms with E-state index >= 15 is 0 Å². The van der Waals surface area contributed by atoms with Crippen LogP contribution in [0.15, 0.2) is 24.4 Å². The lowest BCUT2D eigenvalue weighted by atomic mass is 10.1. The molecule has 0 aliphatic carbocycles. The van der Waals surface area contributed by atoms with Crippen LogP contribution in [0.3, 0.4) is 0 Å². The second-order valence-corrected chi connectivity index (χ2v) is 6.36. The Kier molecular flexibility index (Phi) is 7.17. The molecule has 1 aliphatic rings. The molecule has 1 aromatic heterocycles. The fourth-order valence-corrected chi connectivity index (χ4v) is 2.93. The molecule has 0 radical (unpaired) electrons. The number of nitrogens with one attached hydrogen (secondary N) is 1. The number of nitrogens with zero attached hydrogens (tertiary/aromatic N) is 3. The predicted octanol–water partition coefficient (Wildman–Crippen LogP) is 3.27. The molecule has 23 heavy (non-hydrogen) atoms.